The predicted octanol–water partition coefficient (Wildman–Crippen LogP) is 3.77. The van der Waals surface area contributed by atoms with E-state index in [0.29, 0.717) is 5.75 Å². The zero-order chi connectivity index (χ0) is 10.6. The van der Waals surface area contributed by atoms with Crippen LogP contribution in [0.4, 0.5) is 0 Å². The molecule has 1 aromatic carbocycles. The maximum atomic E-state index is 9.61. The molecule has 0 unspecified atom stereocenters. The number of aryl methyl sites for hydroxylation is 1. The second-order valence-electron chi connectivity index (χ2n) is 3.73. The molecule has 14 heavy (non-hydrogen) atoms. The number of hydrogen-bond acceptors (Lipinski definition) is 1. The molecule has 0 saturated heterocycles. The van der Waals surface area contributed by atoms with Gasteiger partial charge in [0.2, 0.25) is 0 Å². The van der Waals surface area contributed by atoms with Gasteiger partial charge in [0.1, 0.15) is 5.75 Å². The summed E-state index contributed by atoms with van der Waals surface area (Å²) >= 11 is 0. The molecule has 0 aliphatic heterocycles. The largest absolute Gasteiger partial charge is 0.508 e. The van der Waals surface area contributed by atoms with Gasteiger partial charge >= 0.3 is 0 Å². The van der Waals surface area contributed by atoms with E-state index in [9.17, 15) is 5.11 Å². The maximum Gasteiger partial charge on any atom is 0.118 e. The van der Waals surface area contributed by atoms with Gasteiger partial charge in [0.05, 0.1) is 0 Å². The van der Waals surface area contributed by atoms with E-state index in [-0.39, 0.29) is 0 Å². The molecular formula is C13H18O. The van der Waals surface area contributed by atoms with Crippen LogP contribution in [0.15, 0.2) is 24.8 Å². The third kappa shape index (κ3) is 2.63. The number of benzene rings is 1. The molecule has 1 N–H and O–H groups in total. The van der Waals surface area contributed by atoms with Gasteiger partial charge in [-0.05, 0) is 43.0 Å². The Balaban J connectivity index is 2.90. The minimum Gasteiger partial charge on any atom is -0.508 e. The highest BCUT2D eigenvalue weighted by atomic mass is 16.3. The summed E-state index contributed by atoms with van der Waals surface area (Å²) in [5.41, 5.74) is 3.20. The van der Waals surface area contributed by atoms with E-state index in [1.54, 1.807) is 6.07 Å². The van der Waals surface area contributed by atoms with Crippen molar-refractivity contribution in [2.75, 3.05) is 0 Å². The molecule has 0 bridgehead atoms. The third-order valence-electron chi connectivity index (χ3n) is 2.37. The minimum atomic E-state index is 0.406. The lowest BCUT2D eigenvalue weighted by Crippen LogP contribution is -1.88. The van der Waals surface area contributed by atoms with E-state index in [1.165, 1.54) is 0 Å². The monoisotopic (exact) mass is 190 g/mol. The van der Waals surface area contributed by atoms with Crippen LogP contribution in [0, 0.1) is 0 Å². The van der Waals surface area contributed by atoms with Crippen molar-refractivity contribution in [1.82, 2.24) is 0 Å². The highest BCUT2D eigenvalue weighted by Gasteiger charge is 2.02. The van der Waals surface area contributed by atoms with Gasteiger partial charge in [0.15, 0.2) is 0 Å². The van der Waals surface area contributed by atoms with E-state index in [4.69, 9.17) is 0 Å². The van der Waals surface area contributed by atoms with Crippen molar-refractivity contribution in [2.24, 2.45) is 0 Å². The lowest BCUT2D eigenvalue weighted by molar-refractivity contribution is 0.467. The minimum absolute atomic E-state index is 0.406. The molecule has 1 heteroatoms. The molecule has 76 valence electrons. The molecule has 0 amide bonds. The summed E-state index contributed by atoms with van der Waals surface area (Å²) in [4.78, 5) is 0. The van der Waals surface area contributed by atoms with E-state index in [1.807, 2.05) is 19.1 Å². The summed E-state index contributed by atoms with van der Waals surface area (Å²) in [6.07, 6.45) is 3.22. The summed E-state index contributed by atoms with van der Waals surface area (Å²) in [6.45, 7) is 8.03. The zero-order valence-corrected chi connectivity index (χ0v) is 9.01. The highest BCUT2D eigenvalue weighted by Crippen LogP contribution is 2.23. The quantitative estimate of drug-likeness (QED) is 0.766. The van der Waals surface area contributed by atoms with E-state index in [2.05, 4.69) is 13.5 Å². The van der Waals surface area contributed by atoms with Crippen LogP contribution >= 0.6 is 0 Å². The fourth-order valence-electron chi connectivity index (χ4n) is 1.42. The molecule has 0 fully saturated rings. The molecule has 0 atom stereocenters. The summed E-state index contributed by atoms with van der Waals surface area (Å²) < 4.78 is 0. The lowest BCUT2D eigenvalue weighted by Gasteiger charge is -2.06. The molecule has 0 saturated carbocycles. The van der Waals surface area contributed by atoms with Crippen molar-refractivity contribution in [3.05, 3.63) is 35.9 Å². The number of unbranched alkanes of at least 4 members (excludes halogenated alkanes) is 1. The second-order valence-corrected chi connectivity index (χ2v) is 3.73. The Morgan fingerprint density at radius 3 is 2.71 bits per heavy atom. The van der Waals surface area contributed by atoms with E-state index < -0.39 is 0 Å². The number of phenolic OH excluding ortho intramolecular Hbond substituents is 1. The van der Waals surface area contributed by atoms with Gasteiger partial charge in [0, 0.05) is 0 Å². The Labute approximate surface area is 86.1 Å². The molecule has 0 heterocycles. The first-order valence-corrected chi connectivity index (χ1v) is 5.13. The molecule has 1 nitrogen and oxygen atoms in total. The van der Waals surface area contributed by atoms with Crippen LogP contribution in [0.1, 0.15) is 37.8 Å². The first-order valence-electron chi connectivity index (χ1n) is 5.13. The molecule has 1 aromatic rings. The van der Waals surface area contributed by atoms with Crippen molar-refractivity contribution in [1.29, 1.82) is 0 Å². The Hall–Kier alpha value is -1.24. The average Bonchev–Trinajstić information content (AvgIpc) is 2.16. The van der Waals surface area contributed by atoms with Crippen LogP contribution < -0.4 is 0 Å². The molecule has 0 aliphatic rings. The topological polar surface area (TPSA) is 20.2 Å². The lowest BCUT2D eigenvalue weighted by atomic mass is 10.0. The third-order valence-corrected chi connectivity index (χ3v) is 2.37. The van der Waals surface area contributed by atoms with Crippen molar-refractivity contribution in [3.8, 4) is 5.75 Å². The van der Waals surface area contributed by atoms with Crippen LogP contribution in [-0.2, 0) is 6.42 Å². The molecule has 0 aliphatic carbocycles. The Kier molecular flexibility index (Phi) is 3.75. The van der Waals surface area contributed by atoms with Gasteiger partial charge in [-0.2, -0.15) is 0 Å². The average molecular weight is 190 g/mol. The molecule has 0 aromatic heterocycles. The Morgan fingerprint density at radius 1 is 1.43 bits per heavy atom. The second kappa shape index (κ2) is 4.85. The normalized spacial score (nSPS) is 10.1. The van der Waals surface area contributed by atoms with E-state index >= 15 is 0 Å². The van der Waals surface area contributed by atoms with Gasteiger partial charge in [-0.3, -0.25) is 0 Å². The fourth-order valence-corrected chi connectivity index (χ4v) is 1.42. The molecular weight excluding hydrogens is 172 g/mol. The number of hydrogen-bond donors (Lipinski definition) is 1. The van der Waals surface area contributed by atoms with Gasteiger partial charge in [-0.25, -0.2) is 0 Å². The first-order chi connectivity index (χ1) is 6.65. The molecule has 0 spiro atoms. The summed E-state index contributed by atoms with van der Waals surface area (Å²) in [6, 6.07) is 5.70. The van der Waals surface area contributed by atoms with Gasteiger partial charge in [-0.1, -0.05) is 31.6 Å². The molecule has 0 radical (unpaired) electrons. The number of phenols is 1. The highest BCUT2D eigenvalue weighted by molar-refractivity contribution is 5.63. The Bertz CT molecular complexity index is 326. The Morgan fingerprint density at radius 2 is 2.14 bits per heavy atom. The standard InChI is InChI=1S/C13H18O/c1-4-5-6-12-9-11(10(2)3)7-8-13(12)14/h7-9,14H,2,4-6H2,1,3H3. The van der Waals surface area contributed by atoms with Crippen molar-refractivity contribution in [2.45, 2.75) is 33.1 Å². The van der Waals surface area contributed by atoms with Crippen molar-refractivity contribution < 1.29 is 5.11 Å². The van der Waals surface area contributed by atoms with Gasteiger partial charge in [0.25, 0.3) is 0 Å². The SMILES string of the molecule is C=C(C)c1ccc(O)c(CCCC)c1. The van der Waals surface area contributed by atoms with Crippen LogP contribution in [-0.4, -0.2) is 5.11 Å². The summed E-state index contributed by atoms with van der Waals surface area (Å²) in [5.74, 6) is 0.406. The van der Waals surface area contributed by atoms with Crippen LogP contribution in [0.3, 0.4) is 0 Å². The van der Waals surface area contributed by atoms with Crippen LogP contribution in [0.2, 0.25) is 0 Å². The fraction of sp³-hybridized carbons (Fsp3) is 0.385. The predicted molar refractivity (Wildman–Crippen MR) is 61.4 cm³/mol. The van der Waals surface area contributed by atoms with Gasteiger partial charge < -0.3 is 5.11 Å². The van der Waals surface area contributed by atoms with Crippen LogP contribution in [0.25, 0.3) is 5.57 Å². The van der Waals surface area contributed by atoms with E-state index in [0.717, 1.165) is 36.0 Å². The maximum absolute atomic E-state index is 9.61. The summed E-state index contributed by atoms with van der Waals surface area (Å²) in [7, 11) is 0. The number of rotatable bonds is 4. The zero-order valence-electron chi connectivity index (χ0n) is 9.01. The molecule has 1 rings (SSSR count). The summed E-state index contributed by atoms with van der Waals surface area (Å²) in [5, 5.41) is 9.61. The number of aromatic hydroxyl groups is 1. The van der Waals surface area contributed by atoms with Crippen LogP contribution in [0.5, 0.6) is 5.75 Å². The van der Waals surface area contributed by atoms with Gasteiger partial charge in [-0.15, -0.1) is 0 Å². The van der Waals surface area contributed by atoms with Crippen molar-refractivity contribution >= 4 is 5.57 Å². The number of allylic oxidation sites excluding steroid dienone is 1. The van der Waals surface area contributed by atoms with Crippen molar-refractivity contribution in [3.63, 3.8) is 0 Å². The first kappa shape index (κ1) is 10.8. The smallest absolute Gasteiger partial charge is 0.118 e.